The number of aryl methyl sites for hydroxylation is 1. The molecule has 0 radical (unpaired) electrons. The van der Waals surface area contributed by atoms with Crippen molar-refractivity contribution in [3.05, 3.63) is 52.8 Å². The van der Waals surface area contributed by atoms with Gasteiger partial charge in [-0.15, -0.1) is 0 Å². The Labute approximate surface area is 267 Å². The van der Waals surface area contributed by atoms with Crippen molar-refractivity contribution in [1.29, 1.82) is 0 Å². The number of likely N-dealkylation sites (tertiary alicyclic amines) is 1. The highest BCUT2D eigenvalue weighted by atomic mass is 35.5. The topological polar surface area (TPSA) is 119 Å². The molecule has 12 heteroatoms. The van der Waals surface area contributed by atoms with Gasteiger partial charge in [0.1, 0.15) is 16.4 Å². The largest absolute Gasteiger partial charge is 0.489 e. The molecule has 0 saturated carbocycles. The Bertz CT molecular complexity index is 1500. The van der Waals surface area contributed by atoms with Crippen LogP contribution in [0.15, 0.2) is 41.7 Å². The van der Waals surface area contributed by atoms with Crippen molar-refractivity contribution in [2.45, 2.75) is 96.1 Å². The third kappa shape index (κ3) is 8.59. The van der Waals surface area contributed by atoms with Gasteiger partial charge in [0, 0.05) is 24.5 Å². The summed E-state index contributed by atoms with van der Waals surface area (Å²) in [5.41, 5.74) is 3.06. The number of nitrogens with one attached hydrogen (secondary N) is 2. The van der Waals surface area contributed by atoms with Gasteiger partial charge in [-0.25, -0.2) is 14.8 Å². The number of amides is 1. The number of carbonyl (C=O) groups excluding carboxylic acids is 1. The van der Waals surface area contributed by atoms with Crippen molar-refractivity contribution >= 4 is 51.6 Å². The average Bonchev–Trinajstić information content (AvgIpc) is 2.95. The van der Waals surface area contributed by atoms with Crippen LogP contribution in [0.5, 0.6) is 5.75 Å². The lowest BCUT2D eigenvalue weighted by molar-refractivity contribution is 0.0204. The van der Waals surface area contributed by atoms with Gasteiger partial charge in [0.2, 0.25) is 5.95 Å². The van der Waals surface area contributed by atoms with Crippen molar-refractivity contribution in [2.24, 2.45) is 0 Å². The maximum atomic E-state index is 12.8. The first kappa shape index (κ1) is 33.5. The lowest BCUT2D eigenvalue weighted by Crippen LogP contribution is -2.41. The summed E-state index contributed by atoms with van der Waals surface area (Å²) in [5, 5.41) is 7.14. The molecule has 1 amide bonds. The summed E-state index contributed by atoms with van der Waals surface area (Å²) in [6.07, 6.45) is 4.47. The summed E-state index contributed by atoms with van der Waals surface area (Å²) in [7, 11) is -1.31. The summed E-state index contributed by atoms with van der Waals surface area (Å²) in [4.78, 5) is 27.7. The maximum absolute atomic E-state index is 12.8. The second-order valence-corrected chi connectivity index (χ2v) is 14.8. The number of hydrogen-bond donors (Lipinski definition) is 2. The molecule has 0 bridgehead atoms. The molecule has 44 heavy (non-hydrogen) atoms. The van der Waals surface area contributed by atoms with E-state index < -0.39 is 16.4 Å². The molecule has 1 atom stereocenters. The highest BCUT2D eigenvalue weighted by molar-refractivity contribution is 7.85. The Morgan fingerprint density at radius 2 is 1.80 bits per heavy atom. The second-order valence-electron chi connectivity index (χ2n) is 12.5. The molecular weight excluding hydrogens is 600 g/mol. The molecule has 2 aromatic heterocycles. The highest BCUT2D eigenvalue weighted by Crippen LogP contribution is 2.38. The molecule has 3 aromatic rings. The number of aromatic nitrogens is 3. The van der Waals surface area contributed by atoms with Gasteiger partial charge >= 0.3 is 6.09 Å². The Kier molecular flexibility index (Phi) is 10.7. The molecule has 1 saturated heterocycles. The average molecular weight is 643 g/mol. The second kappa shape index (κ2) is 14.1. The zero-order valence-electron chi connectivity index (χ0n) is 26.7. The fourth-order valence-electron chi connectivity index (χ4n) is 4.92. The number of benzene rings is 1. The van der Waals surface area contributed by atoms with Gasteiger partial charge in [0.25, 0.3) is 0 Å². The van der Waals surface area contributed by atoms with Crippen LogP contribution in [-0.2, 0) is 15.5 Å². The third-order valence-electron chi connectivity index (χ3n) is 6.95. The monoisotopic (exact) mass is 642 g/mol. The maximum Gasteiger partial charge on any atom is 0.410 e. The molecule has 4 rings (SSSR count). The van der Waals surface area contributed by atoms with Crippen LogP contribution < -0.4 is 15.4 Å². The molecule has 2 N–H and O–H groups in total. The predicted molar refractivity (Wildman–Crippen MR) is 176 cm³/mol. The molecule has 1 fully saturated rings. The lowest BCUT2D eigenvalue weighted by Gasteiger charge is -2.34. The Balaban J connectivity index is 1.56. The van der Waals surface area contributed by atoms with Crippen molar-refractivity contribution in [3.63, 3.8) is 0 Å². The van der Waals surface area contributed by atoms with E-state index in [-0.39, 0.29) is 23.4 Å². The van der Waals surface area contributed by atoms with Crippen molar-refractivity contribution < 1.29 is 18.5 Å². The molecule has 0 aliphatic carbocycles. The van der Waals surface area contributed by atoms with Crippen LogP contribution in [0.4, 0.5) is 27.9 Å². The van der Waals surface area contributed by atoms with E-state index in [9.17, 15) is 9.00 Å². The van der Waals surface area contributed by atoms with E-state index in [0.717, 1.165) is 24.1 Å². The van der Waals surface area contributed by atoms with Crippen LogP contribution in [0.3, 0.4) is 0 Å². The van der Waals surface area contributed by atoms with E-state index in [1.165, 1.54) is 11.8 Å². The van der Waals surface area contributed by atoms with Gasteiger partial charge in [0.15, 0.2) is 10.8 Å². The number of anilines is 4. The summed E-state index contributed by atoms with van der Waals surface area (Å²) < 4.78 is 24.7. The number of ether oxygens (including phenoxy) is 2. The van der Waals surface area contributed by atoms with Crippen molar-refractivity contribution in [2.75, 3.05) is 23.7 Å². The smallest absolute Gasteiger partial charge is 0.410 e. The van der Waals surface area contributed by atoms with E-state index in [4.69, 9.17) is 21.1 Å². The zero-order chi connectivity index (χ0) is 32.2. The summed E-state index contributed by atoms with van der Waals surface area (Å²) in [6, 6.07) is 7.69. The molecule has 1 aromatic carbocycles. The fraction of sp³-hybridized carbons (Fsp3) is 0.500. The van der Waals surface area contributed by atoms with E-state index in [2.05, 4.69) is 38.6 Å². The number of rotatable bonds is 9. The third-order valence-corrected chi connectivity index (χ3v) is 8.79. The van der Waals surface area contributed by atoms with Crippen LogP contribution in [-0.4, -0.2) is 60.2 Å². The van der Waals surface area contributed by atoms with E-state index in [1.54, 1.807) is 23.2 Å². The molecule has 1 aliphatic rings. The lowest BCUT2D eigenvalue weighted by atomic mass is 9.86. The van der Waals surface area contributed by atoms with Crippen molar-refractivity contribution in [3.8, 4) is 5.75 Å². The van der Waals surface area contributed by atoms with Gasteiger partial charge < -0.3 is 25.0 Å². The SMILES string of the molecule is Cc1cc(Nc2ncc(Cl)c(Nc3cccnc3S(=O)C(C)C)n2)c(OC(C)C)cc1C1CCN(C(=O)OC(C)(C)C)CC1. The molecule has 3 heterocycles. The minimum Gasteiger partial charge on any atom is -0.489 e. The van der Waals surface area contributed by atoms with Gasteiger partial charge in [-0.3, -0.25) is 4.21 Å². The minimum atomic E-state index is -1.31. The molecule has 238 valence electrons. The molecule has 1 aliphatic heterocycles. The van der Waals surface area contributed by atoms with Crippen LogP contribution >= 0.6 is 11.6 Å². The first-order valence-corrected chi connectivity index (χ1v) is 16.5. The number of pyridine rings is 1. The first-order chi connectivity index (χ1) is 20.7. The summed E-state index contributed by atoms with van der Waals surface area (Å²) in [6.45, 7) is 16.7. The molecular formula is C32H43ClN6O4S. The number of nitrogens with zero attached hydrogens (tertiary/aromatic N) is 4. The highest BCUT2D eigenvalue weighted by Gasteiger charge is 2.29. The van der Waals surface area contributed by atoms with Gasteiger partial charge in [-0.1, -0.05) is 25.4 Å². The van der Waals surface area contributed by atoms with Crippen LogP contribution in [0.1, 0.15) is 78.4 Å². The zero-order valence-corrected chi connectivity index (χ0v) is 28.3. The van der Waals surface area contributed by atoms with Crippen LogP contribution in [0.2, 0.25) is 5.02 Å². The molecule has 0 spiro atoms. The summed E-state index contributed by atoms with van der Waals surface area (Å²) >= 11 is 6.47. The number of halogens is 1. The number of carbonyl (C=O) groups is 1. The molecule has 1 unspecified atom stereocenters. The number of hydrogen-bond acceptors (Lipinski definition) is 9. The molecule has 10 nitrogen and oxygen atoms in total. The van der Waals surface area contributed by atoms with E-state index in [1.807, 2.05) is 54.5 Å². The fourth-order valence-corrected chi connectivity index (χ4v) is 6.01. The van der Waals surface area contributed by atoms with Gasteiger partial charge in [0.05, 0.1) is 34.5 Å². The number of piperidine rings is 1. The van der Waals surface area contributed by atoms with Gasteiger partial charge in [-0.2, -0.15) is 4.98 Å². The minimum absolute atomic E-state index is 0.0608. The first-order valence-electron chi connectivity index (χ1n) is 14.9. The summed E-state index contributed by atoms with van der Waals surface area (Å²) in [5.74, 6) is 1.64. The van der Waals surface area contributed by atoms with E-state index >= 15 is 0 Å². The van der Waals surface area contributed by atoms with Crippen LogP contribution in [0, 0.1) is 6.92 Å². The van der Waals surface area contributed by atoms with E-state index in [0.29, 0.717) is 46.3 Å². The van der Waals surface area contributed by atoms with Crippen molar-refractivity contribution in [1.82, 2.24) is 19.9 Å². The standard InChI is InChI=1S/C32H43ClN6O4S/c1-19(2)42-27-17-23(22-11-14-39(15-12-22)31(40)43-32(6,7)8)21(5)16-26(27)37-30-35-18-24(33)28(38-30)36-25-10-9-13-34-29(25)44(41)20(3)4/h9-10,13,16-20,22H,11-12,14-15H2,1-8H3,(H2,35,36,37,38). The predicted octanol–water partition coefficient (Wildman–Crippen LogP) is 7.74. The Morgan fingerprint density at radius 1 is 1.09 bits per heavy atom. The van der Waals surface area contributed by atoms with Gasteiger partial charge in [-0.05, 0) is 95.7 Å². The van der Waals surface area contributed by atoms with Crippen LogP contribution in [0.25, 0.3) is 0 Å². The Hall–Kier alpha value is -3.44. The Morgan fingerprint density at radius 3 is 2.43 bits per heavy atom. The quantitative estimate of drug-likeness (QED) is 0.241. The normalized spacial score (nSPS) is 14.9.